The molecular weight excluding hydrogens is 244 g/mol. The largest absolute Gasteiger partial charge is 0.481 e. The number of pyridine rings is 1. The second kappa shape index (κ2) is 4.92. The molecule has 2 aromatic heterocycles. The Labute approximate surface area is 102 Å². The van der Waals surface area contributed by atoms with Gasteiger partial charge < -0.3 is 5.11 Å². The van der Waals surface area contributed by atoms with Crippen molar-refractivity contribution in [1.29, 1.82) is 0 Å². The van der Waals surface area contributed by atoms with E-state index in [0.717, 1.165) is 5.56 Å². The monoisotopic (exact) mass is 252 g/mol. The van der Waals surface area contributed by atoms with E-state index in [9.17, 15) is 4.79 Å². The molecule has 2 rings (SSSR count). The van der Waals surface area contributed by atoms with Crippen molar-refractivity contribution in [2.45, 2.75) is 13.0 Å². The van der Waals surface area contributed by atoms with Crippen LogP contribution in [-0.2, 0) is 17.8 Å². The molecule has 0 aliphatic carbocycles. The minimum Gasteiger partial charge on any atom is -0.481 e. The molecular formula is C10H9ClN4O2. The van der Waals surface area contributed by atoms with Crippen molar-refractivity contribution in [2.24, 2.45) is 0 Å². The zero-order chi connectivity index (χ0) is 12.3. The number of nitrogens with zero attached hydrogens (tertiary/aromatic N) is 4. The number of carbonyl (C=O) groups is 1. The molecule has 1 N–H and O–H groups in total. The topological polar surface area (TPSA) is 80.9 Å². The molecule has 2 aromatic rings. The van der Waals surface area contributed by atoms with Crippen LogP contribution < -0.4 is 0 Å². The summed E-state index contributed by atoms with van der Waals surface area (Å²) in [4.78, 5) is 14.4. The molecule has 0 aliphatic heterocycles. The van der Waals surface area contributed by atoms with Gasteiger partial charge in [-0.15, -0.1) is 5.10 Å². The molecule has 0 saturated heterocycles. The highest BCUT2D eigenvalue weighted by molar-refractivity contribution is 6.31. The Kier molecular flexibility index (Phi) is 3.34. The lowest BCUT2D eigenvalue weighted by Gasteiger charge is -2.02. The first-order valence-electron chi connectivity index (χ1n) is 4.84. The lowest BCUT2D eigenvalue weighted by molar-refractivity contribution is -0.136. The van der Waals surface area contributed by atoms with Crippen molar-refractivity contribution < 1.29 is 9.90 Å². The second-order valence-electron chi connectivity index (χ2n) is 3.45. The Bertz CT molecular complexity index is 541. The van der Waals surface area contributed by atoms with Gasteiger partial charge in [0.05, 0.1) is 23.7 Å². The number of aromatic nitrogens is 4. The lowest BCUT2D eigenvalue weighted by Crippen LogP contribution is -2.01. The minimum atomic E-state index is -0.931. The third-order valence-electron chi connectivity index (χ3n) is 2.11. The smallest absolute Gasteiger partial charge is 0.309 e. The Hall–Kier alpha value is -1.95. The third kappa shape index (κ3) is 3.01. The Morgan fingerprint density at radius 2 is 2.35 bits per heavy atom. The van der Waals surface area contributed by atoms with E-state index in [1.54, 1.807) is 29.3 Å². The zero-order valence-electron chi connectivity index (χ0n) is 8.75. The van der Waals surface area contributed by atoms with E-state index in [1.807, 2.05) is 0 Å². The molecule has 0 saturated carbocycles. The van der Waals surface area contributed by atoms with Gasteiger partial charge in [0.15, 0.2) is 0 Å². The molecule has 0 bridgehead atoms. The van der Waals surface area contributed by atoms with Gasteiger partial charge in [0.1, 0.15) is 0 Å². The summed E-state index contributed by atoms with van der Waals surface area (Å²) in [6, 6.07) is 1.78. The van der Waals surface area contributed by atoms with Gasteiger partial charge in [0, 0.05) is 18.6 Å². The summed E-state index contributed by atoms with van der Waals surface area (Å²) in [5, 5.41) is 16.7. The quantitative estimate of drug-likeness (QED) is 0.878. The molecule has 7 heteroatoms. The summed E-state index contributed by atoms with van der Waals surface area (Å²) in [5.74, 6) is -0.931. The molecule has 0 spiro atoms. The molecule has 6 nitrogen and oxygen atoms in total. The predicted molar refractivity (Wildman–Crippen MR) is 59.7 cm³/mol. The maximum Gasteiger partial charge on any atom is 0.309 e. The number of carboxylic acids is 1. The van der Waals surface area contributed by atoms with E-state index in [2.05, 4.69) is 15.3 Å². The average Bonchev–Trinajstić information content (AvgIpc) is 2.68. The molecule has 0 radical (unpaired) electrons. The van der Waals surface area contributed by atoms with Gasteiger partial charge >= 0.3 is 5.97 Å². The highest BCUT2D eigenvalue weighted by atomic mass is 35.5. The Balaban J connectivity index is 2.12. The van der Waals surface area contributed by atoms with Crippen molar-refractivity contribution in [3.8, 4) is 0 Å². The molecule has 0 unspecified atom stereocenters. The molecule has 0 fully saturated rings. The Morgan fingerprint density at radius 1 is 1.53 bits per heavy atom. The molecule has 17 heavy (non-hydrogen) atoms. The SMILES string of the molecule is O=C(O)Cc1cn(Cc2ccncc2Cl)nn1. The minimum absolute atomic E-state index is 0.135. The van der Waals surface area contributed by atoms with E-state index in [1.165, 1.54) is 0 Å². The zero-order valence-corrected chi connectivity index (χ0v) is 9.50. The number of halogens is 1. The molecule has 0 aliphatic rings. The van der Waals surface area contributed by atoms with Gasteiger partial charge in [-0.05, 0) is 11.6 Å². The highest BCUT2D eigenvalue weighted by Gasteiger charge is 2.07. The van der Waals surface area contributed by atoms with Crippen LogP contribution in [0.2, 0.25) is 5.02 Å². The second-order valence-corrected chi connectivity index (χ2v) is 3.85. The lowest BCUT2D eigenvalue weighted by atomic mass is 10.2. The summed E-state index contributed by atoms with van der Waals surface area (Å²) in [6.45, 7) is 0.438. The van der Waals surface area contributed by atoms with E-state index in [0.29, 0.717) is 17.3 Å². The van der Waals surface area contributed by atoms with Crippen molar-refractivity contribution >= 4 is 17.6 Å². The fraction of sp³-hybridized carbons (Fsp3) is 0.200. The van der Waals surface area contributed by atoms with Crippen molar-refractivity contribution in [3.63, 3.8) is 0 Å². The summed E-state index contributed by atoms with van der Waals surface area (Å²) in [5.41, 5.74) is 1.27. The highest BCUT2D eigenvalue weighted by Crippen LogP contribution is 2.14. The van der Waals surface area contributed by atoms with Crippen LogP contribution in [-0.4, -0.2) is 31.1 Å². The van der Waals surface area contributed by atoms with Crippen molar-refractivity contribution in [3.05, 3.63) is 40.9 Å². The van der Waals surface area contributed by atoms with Gasteiger partial charge in [-0.1, -0.05) is 16.8 Å². The first kappa shape index (κ1) is 11.5. The van der Waals surface area contributed by atoms with Crippen LogP contribution >= 0.6 is 11.6 Å². The molecule has 88 valence electrons. The number of carboxylic acid groups (broad SMARTS) is 1. The molecule has 2 heterocycles. The van der Waals surface area contributed by atoms with Crippen LogP contribution in [0.5, 0.6) is 0 Å². The van der Waals surface area contributed by atoms with E-state index in [-0.39, 0.29) is 6.42 Å². The summed E-state index contributed by atoms with van der Waals surface area (Å²) in [6.07, 6.45) is 4.64. The van der Waals surface area contributed by atoms with E-state index < -0.39 is 5.97 Å². The van der Waals surface area contributed by atoms with Gasteiger partial charge in [-0.2, -0.15) is 0 Å². The molecule has 0 amide bonds. The number of hydrogen-bond acceptors (Lipinski definition) is 4. The standard InChI is InChI=1S/C10H9ClN4O2/c11-9-4-12-2-1-7(9)5-15-6-8(13-14-15)3-10(16)17/h1-2,4,6H,3,5H2,(H,16,17). The fourth-order valence-corrected chi connectivity index (χ4v) is 1.54. The van der Waals surface area contributed by atoms with Crippen molar-refractivity contribution in [2.75, 3.05) is 0 Å². The Morgan fingerprint density at radius 3 is 3.06 bits per heavy atom. The van der Waals surface area contributed by atoms with Gasteiger partial charge in [0.2, 0.25) is 0 Å². The van der Waals surface area contributed by atoms with Crippen LogP contribution in [0.3, 0.4) is 0 Å². The number of aliphatic carboxylic acids is 1. The maximum absolute atomic E-state index is 10.5. The van der Waals surface area contributed by atoms with Crippen LogP contribution in [0.1, 0.15) is 11.3 Å². The summed E-state index contributed by atoms with van der Waals surface area (Å²) >= 11 is 5.95. The molecule has 0 atom stereocenters. The van der Waals surface area contributed by atoms with Gasteiger partial charge in [-0.3, -0.25) is 9.78 Å². The van der Waals surface area contributed by atoms with E-state index >= 15 is 0 Å². The van der Waals surface area contributed by atoms with Crippen LogP contribution in [0.15, 0.2) is 24.7 Å². The number of hydrogen-bond donors (Lipinski definition) is 1. The normalized spacial score (nSPS) is 10.4. The van der Waals surface area contributed by atoms with Crippen LogP contribution in [0.4, 0.5) is 0 Å². The van der Waals surface area contributed by atoms with Crippen LogP contribution in [0, 0.1) is 0 Å². The van der Waals surface area contributed by atoms with Crippen molar-refractivity contribution in [1.82, 2.24) is 20.0 Å². The summed E-state index contributed by atoms with van der Waals surface area (Å²) in [7, 11) is 0. The maximum atomic E-state index is 10.5. The first-order chi connectivity index (χ1) is 8.15. The van der Waals surface area contributed by atoms with Crippen LogP contribution in [0.25, 0.3) is 0 Å². The first-order valence-corrected chi connectivity index (χ1v) is 5.22. The van der Waals surface area contributed by atoms with Gasteiger partial charge in [-0.25, -0.2) is 4.68 Å². The van der Waals surface area contributed by atoms with E-state index in [4.69, 9.17) is 16.7 Å². The molecule has 0 aromatic carbocycles. The summed E-state index contributed by atoms with van der Waals surface area (Å²) < 4.78 is 1.54. The third-order valence-corrected chi connectivity index (χ3v) is 2.45. The number of rotatable bonds is 4. The fourth-order valence-electron chi connectivity index (χ4n) is 1.36. The predicted octanol–water partition coefficient (Wildman–Crippen LogP) is 1.00. The average molecular weight is 253 g/mol. The van der Waals surface area contributed by atoms with Gasteiger partial charge in [0.25, 0.3) is 0 Å².